The van der Waals surface area contributed by atoms with Crippen LogP contribution in [-0.2, 0) is 5.41 Å². The van der Waals surface area contributed by atoms with Gasteiger partial charge < -0.3 is 5.32 Å². The fourth-order valence-corrected chi connectivity index (χ4v) is 4.86. The van der Waals surface area contributed by atoms with Crippen LogP contribution in [-0.4, -0.2) is 13.1 Å². The van der Waals surface area contributed by atoms with Crippen molar-refractivity contribution in [1.82, 2.24) is 5.32 Å². The van der Waals surface area contributed by atoms with Crippen LogP contribution in [0.5, 0.6) is 0 Å². The Labute approximate surface area is 132 Å². The highest BCUT2D eigenvalue weighted by Gasteiger charge is 2.57. The zero-order valence-corrected chi connectivity index (χ0v) is 13.7. The average molecular weight is 312 g/mol. The Morgan fingerprint density at radius 1 is 1.20 bits per heavy atom. The Balaban J connectivity index is 1.82. The molecule has 2 aliphatic carbocycles. The summed E-state index contributed by atoms with van der Waals surface area (Å²) < 4.78 is 0. The van der Waals surface area contributed by atoms with Gasteiger partial charge in [0.25, 0.3) is 0 Å². The van der Waals surface area contributed by atoms with E-state index in [2.05, 4.69) is 18.3 Å². The molecule has 0 bridgehead atoms. The standard InChI is InChI=1S/C17H23Cl2N/c1-2-8-20-12-17(10-16(11-17)6-3-7-16)14-5-4-13(18)9-15(14)19/h4-5,9,20H,2-3,6-8,10-12H2,1H3. The second-order valence-corrected chi connectivity index (χ2v) is 7.63. The third-order valence-corrected chi connectivity index (χ3v) is 5.78. The van der Waals surface area contributed by atoms with E-state index in [-0.39, 0.29) is 5.41 Å². The number of hydrogen-bond donors (Lipinski definition) is 1. The maximum atomic E-state index is 6.48. The minimum absolute atomic E-state index is 0.233. The Morgan fingerprint density at radius 3 is 2.50 bits per heavy atom. The SMILES string of the molecule is CCCNCC1(c2ccc(Cl)cc2Cl)CC2(CCC2)C1. The van der Waals surface area contributed by atoms with Gasteiger partial charge in [0.2, 0.25) is 0 Å². The molecule has 20 heavy (non-hydrogen) atoms. The first-order valence-corrected chi connectivity index (χ1v) is 8.51. The molecule has 0 saturated heterocycles. The van der Waals surface area contributed by atoms with Gasteiger partial charge in [-0.15, -0.1) is 0 Å². The topological polar surface area (TPSA) is 12.0 Å². The molecular formula is C17H23Cl2N. The van der Waals surface area contributed by atoms with E-state index in [1.807, 2.05) is 12.1 Å². The Hall–Kier alpha value is -0.240. The highest BCUT2D eigenvalue weighted by Crippen LogP contribution is 2.65. The Kier molecular flexibility index (Phi) is 4.05. The predicted octanol–water partition coefficient (Wildman–Crippen LogP) is 5.19. The monoisotopic (exact) mass is 311 g/mol. The molecule has 0 atom stereocenters. The molecule has 0 aliphatic heterocycles. The van der Waals surface area contributed by atoms with Crippen LogP contribution in [0, 0.1) is 5.41 Å². The molecule has 1 N–H and O–H groups in total. The van der Waals surface area contributed by atoms with Gasteiger partial charge in [-0.05, 0) is 61.8 Å². The number of nitrogens with one attached hydrogen (secondary N) is 1. The molecule has 0 radical (unpaired) electrons. The summed E-state index contributed by atoms with van der Waals surface area (Å²) >= 11 is 12.5. The molecule has 3 rings (SSSR count). The van der Waals surface area contributed by atoms with Crippen LogP contribution in [0.2, 0.25) is 10.0 Å². The molecule has 1 nitrogen and oxygen atoms in total. The fraction of sp³-hybridized carbons (Fsp3) is 0.647. The van der Waals surface area contributed by atoms with Crippen LogP contribution >= 0.6 is 23.2 Å². The van der Waals surface area contributed by atoms with E-state index in [9.17, 15) is 0 Å². The molecule has 1 aromatic rings. The van der Waals surface area contributed by atoms with Gasteiger partial charge >= 0.3 is 0 Å². The molecule has 2 aliphatic rings. The molecule has 0 unspecified atom stereocenters. The van der Waals surface area contributed by atoms with Gasteiger partial charge in [-0.25, -0.2) is 0 Å². The van der Waals surface area contributed by atoms with Gasteiger partial charge in [0.05, 0.1) is 0 Å². The first-order valence-electron chi connectivity index (χ1n) is 7.76. The van der Waals surface area contributed by atoms with E-state index >= 15 is 0 Å². The molecule has 2 saturated carbocycles. The summed E-state index contributed by atoms with van der Waals surface area (Å²) in [6, 6.07) is 6.02. The second kappa shape index (κ2) is 5.51. The van der Waals surface area contributed by atoms with Gasteiger partial charge in [-0.1, -0.05) is 42.6 Å². The van der Waals surface area contributed by atoms with E-state index in [1.165, 1.54) is 44.1 Å². The average Bonchev–Trinajstić information content (AvgIpc) is 2.31. The van der Waals surface area contributed by atoms with Crippen molar-refractivity contribution in [3.8, 4) is 0 Å². The van der Waals surface area contributed by atoms with Gasteiger partial charge in [-0.3, -0.25) is 0 Å². The summed E-state index contributed by atoms with van der Waals surface area (Å²) in [7, 11) is 0. The summed E-state index contributed by atoms with van der Waals surface area (Å²) in [4.78, 5) is 0. The van der Waals surface area contributed by atoms with Gasteiger partial charge in [0.1, 0.15) is 0 Å². The number of halogens is 2. The smallest absolute Gasteiger partial charge is 0.0458 e. The predicted molar refractivity (Wildman–Crippen MR) is 86.8 cm³/mol. The quantitative estimate of drug-likeness (QED) is 0.737. The van der Waals surface area contributed by atoms with E-state index in [4.69, 9.17) is 23.2 Å². The van der Waals surface area contributed by atoms with Crippen molar-refractivity contribution in [2.75, 3.05) is 13.1 Å². The highest BCUT2D eigenvalue weighted by molar-refractivity contribution is 6.35. The lowest BCUT2D eigenvalue weighted by atomic mass is 9.43. The van der Waals surface area contributed by atoms with Gasteiger partial charge in [0, 0.05) is 22.0 Å². The zero-order valence-electron chi connectivity index (χ0n) is 12.1. The van der Waals surface area contributed by atoms with Gasteiger partial charge in [-0.2, -0.15) is 0 Å². The van der Waals surface area contributed by atoms with E-state index < -0.39 is 0 Å². The molecule has 3 heteroatoms. The summed E-state index contributed by atoms with van der Waals surface area (Å²) in [6.07, 6.45) is 7.99. The number of rotatable bonds is 5. The first-order chi connectivity index (χ1) is 9.59. The van der Waals surface area contributed by atoms with Crippen molar-refractivity contribution < 1.29 is 0 Å². The molecule has 2 fully saturated rings. The number of benzene rings is 1. The van der Waals surface area contributed by atoms with Crippen molar-refractivity contribution in [2.45, 2.75) is 50.9 Å². The molecule has 0 heterocycles. The van der Waals surface area contributed by atoms with Crippen LogP contribution in [0.3, 0.4) is 0 Å². The van der Waals surface area contributed by atoms with Crippen LogP contribution in [0.4, 0.5) is 0 Å². The summed E-state index contributed by atoms with van der Waals surface area (Å²) in [5.41, 5.74) is 2.17. The number of hydrogen-bond acceptors (Lipinski definition) is 1. The van der Waals surface area contributed by atoms with Gasteiger partial charge in [0.15, 0.2) is 0 Å². The third kappa shape index (κ3) is 2.49. The van der Waals surface area contributed by atoms with Crippen molar-refractivity contribution in [2.24, 2.45) is 5.41 Å². The largest absolute Gasteiger partial charge is 0.316 e. The Morgan fingerprint density at radius 2 is 1.95 bits per heavy atom. The maximum absolute atomic E-state index is 6.48. The third-order valence-electron chi connectivity index (χ3n) is 5.23. The molecule has 0 amide bonds. The summed E-state index contributed by atoms with van der Waals surface area (Å²) in [5.74, 6) is 0. The molecular weight excluding hydrogens is 289 g/mol. The summed E-state index contributed by atoms with van der Waals surface area (Å²) in [6.45, 7) is 4.34. The summed E-state index contributed by atoms with van der Waals surface area (Å²) in [5, 5.41) is 5.18. The van der Waals surface area contributed by atoms with Crippen LogP contribution in [0.25, 0.3) is 0 Å². The van der Waals surface area contributed by atoms with Crippen molar-refractivity contribution in [1.29, 1.82) is 0 Å². The lowest BCUT2D eigenvalue weighted by Crippen LogP contribution is -2.57. The molecule has 1 aromatic carbocycles. The fourth-order valence-electron chi connectivity index (χ4n) is 4.25. The van der Waals surface area contributed by atoms with Crippen LogP contribution < -0.4 is 5.32 Å². The van der Waals surface area contributed by atoms with Crippen molar-refractivity contribution in [3.63, 3.8) is 0 Å². The molecule has 1 spiro atoms. The van der Waals surface area contributed by atoms with Crippen molar-refractivity contribution in [3.05, 3.63) is 33.8 Å². The van der Waals surface area contributed by atoms with Crippen molar-refractivity contribution >= 4 is 23.2 Å². The van der Waals surface area contributed by atoms with E-state index in [0.717, 1.165) is 23.1 Å². The highest BCUT2D eigenvalue weighted by atomic mass is 35.5. The van der Waals surface area contributed by atoms with Crippen LogP contribution in [0.1, 0.15) is 51.0 Å². The zero-order chi connectivity index (χ0) is 14.2. The maximum Gasteiger partial charge on any atom is 0.0458 e. The second-order valence-electron chi connectivity index (χ2n) is 6.79. The molecule has 0 aromatic heterocycles. The normalized spacial score (nSPS) is 22.4. The van der Waals surface area contributed by atoms with E-state index in [1.54, 1.807) is 0 Å². The van der Waals surface area contributed by atoms with E-state index in [0.29, 0.717) is 5.41 Å². The van der Waals surface area contributed by atoms with Crippen LogP contribution in [0.15, 0.2) is 18.2 Å². The minimum Gasteiger partial charge on any atom is -0.316 e. The lowest BCUT2D eigenvalue weighted by Gasteiger charge is -2.62. The minimum atomic E-state index is 0.233. The first kappa shape index (κ1) is 14.7. The lowest BCUT2D eigenvalue weighted by molar-refractivity contribution is -0.0481. The molecule has 110 valence electrons. The Bertz CT molecular complexity index is 486.